The minimum Gasteiger partial charge on any atom is -0.508 e. The lowest BCUT2D eigenvalue weighted by Crippen LogP contribution is -2.33. The van der Waals surface area contributed by atoms with Gasteiger partial charge in [0.15, 0.2) is 0 Å². The van der Waals surface area contributed by atoms with Crippen molar-refractivity contribution in [1.29, 1.82) is 0 Å². The smallest absolute Gasteiger partial charge is 0.119 e. The molecular weight excluding hydrogens is 450 g/mol. The Bertz CT molecular complexity index is 1200. The van der Waals surface area contributed by atoms with Crippen LogP contribution in [-0.4, -0.2) is 41.5 Å². The highest BCUT2D eigenvalue weighted by Crippen LogP contribution is 2.55. The van der Waals surface area contributed by atoms with Gasteiger partial charge in [0, 0.05) is 28.5 Å². The second kappa shape index (κ2) is 9.61. The standard InChI is InChI=1S/C28H29NO2S.ClH/c30-20-10-13-24-25(18-20)32-28-23-7-3-2-6-22(23)26(27(24)28)19-8-11-21(12-9-19)31-17-16-29-14-4-1-5-15-29;/h2-3,6-13,18,24-25,27,30H,1,4-5,14-17H2;1H. The van der Waals surface area contributed by atoms with Gasteiger partial charge >= 0.3 is 0 Å². The molecule has 0 saturated carbocycles. The summed E-state index contributed by atoms with van der Waals surface area (Å²) in [5, 5.41) is 13.0. The van der Waals surface area contributed by atoms with E-state index in [2.05, 4.69) is 59.5 Å². The first-order valence-electron chi connectivity index (χ1n) is 11.8. The number of rotatable bonds is 5. The molecule has 0 spiro atoms. The zero-order chi connectivity index (χ0) is 21.5. The van der Waals surface area contributed by atoms with Crippen LogP contribution in [0.25, 0.3) is 10.5 Å². The third-order valence-electron chi connectivity index (χ3n) is 7.22. The number of halogens is 1. The molecule has 2 aliphatic carbocycles. The highest BCUT2D eigenvalue weighted by molar-refractivity contribution is 8.09. The van der Waals surface area contributed by atoms with Gasteiger partial charge in [-0.05, 0) is 71.8 Å². The number of hydrogen-bond acceptors (Lipinski definition) is 4. The maximum Gasteiger partial charge on any atom is 0.119 e. The molecule has 3 nitrogen and oxygen atoms in total. The minimum atomic E-state index is 0. The Balaban J connectivity index is 0.00000228. The van der Waals surface area contributed by atoms with Crippen LogP contribution in [0.3, 0.4) is 0 Å². The fraction of sp³-hybridized carbons (Fsp3) is 0.357. The van der Waals surface area contributed by atoms with E-state index in [0.717, 1.165) is 18.9 Å². The molecule has 6 rings (SSSR count). The van der Waals surface area contributed by atoms with Crippen molar-refractivity contribution >= 4 is 34.6 Å². The SMILES string of the molecule is Cl.OC1=CC2SC3=c4ccccc4=C(c4ccc(OCCN5CCCCC5)cc4)C3C2C=C1. The molecule has 0 aromatic heterocycles. The second-order valence-electron chi connectivity index (χ2n) is 9.19. The van der Waals surface area contributed by atoms with E-state index in [0.29, 0.717) is 22.8 Å². The molecule has 0 radical (unpaired) electrons. The molecule has 2 aromatic rings. The van der Waals surface area contributed by atoms with Gasteiger partial charge in [-0.15, -0.1) is 24.2 Å². The maximum atomic E-state index is 10.0. The summed E-state index contributed by atoms with van der Waals surface area (Å²) in [7, 11) is 0. The number of piperidine rings is 1. The van der Waals surface area contributed by atoms with Crippen LogP contribution in [0.4, 0.5) is 0 Å². The molecular formula is C28H30ClNO2S. The summed E-state index contributed by atoms with van der Waals surface area (Å²) in [5.74, 6) is 2.08. The third-order valence-corrected chi connectivity index (χ3v) is 8.67. The molecule has 2 fully saturated rings. The molecule has 3 atom stereocenters. The number of aliphatic hydroxyl groups is 1. The van der Waals surface area contributed by atoms with Crippen LogP contribution in [0.1, 0.15) is 24.8 Å². The van der Waals surface area contributed by atoms with Crippen molar-refractivity contribution in [3.63, 3.8) is 0 Å². The number of allylic oxidation sites excluding steroid dienone is 2. The number of fused-ring (bicyclic) bond motifs is 4. The first kappa shape index (κ1) is 22.6. The minimum absolute atomic E-state index is 0. The summed E-state index contributed by atoms with van der Waals surface area (Å²) >= 11 is 1.92. The lowest BCUT2D eigenvalue weighted by Gasteiger charge is -2.26. The highest BCUT2D eigenvalue weighted by atomic mass is 35.5. The van der Waals surface area contributed by atoms with Crippen LogP contribution >= 0.6 is 24.2 Å². The van der Waals surface area contributed by atoms with E-state index in [4.69, 9.17) is 4.74 Å². The topological polar surface area (TPSA) is 32.7 Å². The lowest BCUT2D eigenvalue weighted by atomic mass is 9.80. The van der Waals surface area contributed by atoms with Gasteiger partial charge in [-0.1, -0.05) is 48.9 Å². The van der Waals surface area contributed by atoms with E-state index < -0.39 is 0 Å². The average Bonchev–Trinajstić information content (AvgIpc) is 3.34. The number of hydrogen-bond donors (Lipinski definition) is 1. The molecule has 172 valence electrons. The Kier molecular flexibility index (Phi) is 6.60. The summed E-state index contributed by atoms with van der Waals surface area (Å²) in [5.41, 5.74) is 2.68. The fourth-order valence-electron chi connectivity index (χ4n) is 5.66. The van der Waals surface area contributed by atoms with Crippen molar-refractivity contribution in [1.82, 2.24) is 4.90 Å². The number of benzene rings is 2. The number of aliphatic hydroxyl groups excluding tert-OH is 1. The lowest BCUT2D eigenvalue weighted by molar-refractivity contribution is 0.183. The zero-order valence-corrected chi connectivity index (χ0v) is 20.3. The van der Waals surface area contributed by atoms with E-state index >= 15 is 0 Å². The summed E-state index contributed by atoms with van der Waals surface area (Å²) < 4.78 is 6.07. The van der Waals surface area contributed by atoms with E-state index in [1.807, 2.05) is 23.9 Å². The monoisotopic (exact) mass is 479 g/mol. The van der Waals surface area contributed by atoms with Crippen molar-refractivity contribution in [3.05, 3.63) is 88.5 Å². The average molecular weight is 480 g/mol. The van der Waals surface area contributed by atoms with Crippen molar-refractivity contribution in [3.8, 4) is 5.75 Å². The van der Waals surface area contributed by atoms with Gasteiger partial charge < -0.3 is 9.84 Å². The molecule has 3 unspecified atom stereocenters. The number of thioether (sulfide) groups is 1. The molecule has 2 heterocycles. The molecule has 2 aliphatic heterocycles. The molecule has 0 bridgehead atoms. The third kappa shape index (κ3) is 4.25. The first-order chi connectivity index (χ1) is 15.8. The molecule has 2 aromatic carbocycles. The van der Waals surface area contributed by atoms with Gasteiger partial charge in [-0.25, -0.2) is 0 Å². The van der Waals surface area contributed by atoms with Crippen LogP contribution < -0.4 is 15.2 Å². The van der Waals surface area contributed by atoms with Gasteiger partial charge in [0.25, 0.3) is 0 Å². The number of likely N-dealkylation sites (tertiary alicyclic amines) is 1. The predicted octanol–water partition coefficient (Wildman–Crippen LogP) is 4.65. The normalized spacial score (nSPS) is 25.7. The van der Waals surface area contributed by atoms with Crippen molar-refractivity contribution in [2.75, 3.05) is 26.2 Å². The quantitative estimate of drug-likeness (QED) is 0.676. The summed E-state index contributed by atoms with van der Waals surface area (Å²) in [6, 6.07) is 17.5. The van der Waals surface area contributed by atoms with Gasteiger partial charge in [-0.3, -0.25) is 4.90 Å². The van der Waals surface area contributed by atoms with Crippen LogP contribution in [-0.2, 0) is 0 Å². The van der Waals surface area contributed by atoms with Crippen LogP contribution in [0.5, 0.6) is 5.75 Å². The molecule has 5 heteroatoms. The van der Waals surface area contributed by atoms with Crippen molar-refractivity contribution in [2.24, 2.45) is 11.8 Å². The van der Waals surface area contributed by atoms with E-state index in [1.54, 1.807) is 0 Å². The van der Waals surface area contributed by atoms with Crippen molar-refractivity contribution in [2.45, 2.75) is 24.5 Å². The second-order valence-corrected chi connectivity index (χ2v) is 10.4. The molecule has 4 aliphatic rings. The van der Waals surface area contributed by atoms with Crippen LogP contribution in [0.2, 0.25) is 0 Å². The number of nitrogens with zero attached hydrogens (tertiary/aromatic N) is 1. The van der Waals surface area contributed by atoms with Gasteiger partial charge in [-0.2, -0.15) is 0 Å². The first-order valence-corrected chi connectivity index (χ1v) is 12.7. The largest absolute Gasteiger partial charge is 0.508 e. The highest BCUT2D eigenvalue weighted by Gasteiger charge is 2.44. The van der Waals surface area contributed by atoms with E-state index in [9.17, 15) is 5.11 Å². The molecule has 1 N–H and O–H groups in total. The Hall–Kier alpha value is -2.14. The number of ether oxygens (including phenoxy) is 1. The predicted molar refractivity (Wildman–Crippen MR) is 139 cm³/mol. The fourth-order valence-corrected chi connectivity index (χ4v) is 7.29. The molecule has 2 saturated heterocycles. The van der Waals surface area contributed by atoms with Gasteiger partial charge in [0.05, 0.1) is 0 Å². The van der Waals surface area contributed by atoms with Crippen LogP contribution in [0.15, 0.2) is 72.5 Å². The Labute approximate surface area is 205 Å². The van der Waals surface area contributed by atoms with E-state index in [1.165, 1.54) is 58.8 Å². The molecule has 0 amide bonds. The zero-order valence-electron chi connectivity index (χ0n) is 18.7. The van der Waals surface area contributed by atoms with Crippen molar-refractivity contribution < 1.29 is 9.84 Å². The summed E-state index contributed by atoms with van der Waals surface area (Å²) in [6.07, 6.45) is 10.1. The maximum absolute atomic E-state index is 10.0. The Morgan fingerprint density at radius 1 is 0.970 bits per heavy atom. The van der Waals surface area contributed by atoms with Gasteiger partial charge in [0.2, 0.25) is 0 Å². The van der Waals surface area contributed by atoms with E-state index in [-0.39, 0.29) is 12.4 Å². The van der Waals surface area contributed by atoms with Crippen LogP contribution in [0, 0.1) is 11.8 Å². The summed E-state index contributed by atoms with van der Waals surface area (Å²) in [6.45, 7) is 4.18. The summed E-state index contributed by atoms with van der Waals surface area (Å²) in [4.78, 5) is 3.96. The van der Waals surface area contributed by atoms with Gasteiger partial charge in [0.1, 0.15) is 18.1 Å². The molecule has 33 heavy (non-hydrogen) atoms. The Morgan fingerprint density at radius 2 is 1.73 bits per heavy atom. The Morgan fingerprint density at radius 3 is 2.52 bits per heavy atom.